The van der Waals surface area contributed by atoms with E-state index < -0.39 is 0 Å². The monoisotopic (exact) mass is 808 g/mol. The number of ketones is 1. The number of allylic oxidation sites excluding steroid dienone is 2. The van der Waals surface area contributed by atoms with E-state index >= 15 is 0 Å². The molecule has 0 spiro atoms. The molecule has 0 unspecified atom stereocenters. The van der Waals surface area contributed by atoms with Crippen LogP contribution in [0.4, 0.5) is 0 Å². The average molecular weight is 808 g/mol. The summed E-state index contributed by atoms with van der Waals surface area (Å²) in [4.78, 5) is 22.8. The molecular weight excluding hydrogens is 765 g/mol. The number of hydrogen-bond donors (Lipinski definition) is 1. The molecule has 0 bridgehead atoms. The number of carbonyl (C=O) groups is 1. The van der Waals surface area contributed by atoms with Gasteiger partial charge in [-0.15, -0.1) is 40.5 Å². The first-order valence-electron chi connectivity index (χ1n) is 16.3. The molecular formula is C40H43IrN2O2S-. The third-order valence-corrected chi connectivity index (χ3v) is 9.80. The zero-order chi connectivity index (χ0) is 32.1. The quantitative estimate of drug-likeness (QED) is 0.0898. The SMILES string of the molecule is CC(C)c1nc(-c2[c-]cc3ccccc3c2)c2c(n1)sc1cc3ccccc3cc12.CCC(CC)C(=O)/C=C(\O)C(CC)CC.[Ir]. The Morgan fingerprint density at radius 1 is 0.826 bits per heavy atom. The molecule has 2 heterocycles. The van der Waals surface area contributed by atoms with Gasteiger partial charge < -0.3 is 5.11 Å². The Kier molecular flexibility index (Phi) is 12.2. The summed E-state index contributed by atoms with van der Waals surface area (Å²) in [7, 11) is 0. The van der Waals surface area contributed by atoms with E-state index in [1.54, 1.807) is 11.3 Å². The third-order valence-electron chi connectivity index (χ3n) is 8.75. The van der Waals surface area contributed by atoms with Gasteiger partial charge in [0.25, 0.3) is 0 Å². The van der Waals surface area contributed by atoms with Crippen molar-refractivity contribution >= 4 is 59.0 Å². The van der Waals surface area contributed by atoms with Crippen molar-refractivity contribution in [3.05, 3.63) is 96.5 Å². The topological polar surface area (TPSA) is 63.1 Å². The zero-order valence-corrected chi connectivity index (χ0v) is 30.8. The van der Waals surface area contributed by atoms with E-state index in [-0.39, 0.29) is 49.4 Å². The largest absolute Gasteiger partial charge is 0.512 e. The number of benzene rings is 4. The van der Waals surface area contributed by atoms with Crippen molar-refractivity contribution in [1.29, 1.82) is 0 Å². The van der Waals surface area contributed by atoms with Gasteiger partial charge in [-0.3, -0.25) is 9.78 Å². The minimum Gasteiger partial charge on any atom is -0.512 e. The van der Waals surface area contributed by atoms with Crippen molar-refractivity contribution in [2.75, 3.05) is 0 Å². The molecule has 0 amide bonds. The fraction of sp³-hybridized carbons (Fsp3) is 0.325. The van der Waals surface area contributed by atoms with E-state index in [0.29, 0.717) is 0 Å². The molecule has 0 saturated carbocycles. The Hall–Kier alpha value is -3.44. The van der Waals surface area contributed by atoms with Gasteiger partial charge in [-0.05, 0) is 54.0 Å². The van der Waals surface area contributed by atoms with Gasteiger partial charge in [0.2, 0.25) is 0 Å². The van der Waals surface area contributed by atoms with Crippen LogP contribution in [0.5, 0.6) is 0 Å². The summed E-state index contributed by atoms with van der Waals surface area (Å²) >= 11 is 1.76. The molecule has 6 heteroatoms. The van der Waals surface area contributed by atoms with Crippen molar-refractivity contribution in [2.45, 2.75) is 73.1 Å². The predicted octanol–water partition coefficient (Wildman–Crippen LogP) is 11.6. The second kappa shape index (κ2) is 15.9. The molecule has 4 nitrogen and oxygen atoms in total. The second-order valence-corrected chi connectivity index (χ2v) is 13.1. The summed E-state index contributed by atoms with van der Waals surface area (Å²) in [6.45, 7) is 12.4. The van der Waals surface area contributed by atoms with Crippen LogP contribution in [0.2, 0.25) is 0 Å². The number of aliphatic hydroxyl groups excluding tert-OH is 1. The molecule has 6 aromatic rings. The third kappa shape index (κ3) is 7.57. The average Bonchev–Trinajstić information content (AvgIpc) is 3.41. The number of aliphatic hydroxyl groups is 1. The molecule has 0 atom stereocenters. The Morgan fingerprint density at radius 3 is 1.98 bits per heavy atom. The summed E-state index contributed by atoms with van der Waals surface area (Å²) in [5.41, 5.74) is 2.01. The van der Waals surface area contributed by atoms with E-state index in [2.05, 4.69) is 92.7 Å². The Morgan fingerprint density at radius 2 is 1.39 bits per heavy atom. The number of nitrogens with zero attached hydrogens (tertiary/aromatic N) is 2. The van der Waals surface area contributed by atoms with Crippen LogP contribution in [-0.4, -0.2) is 20.9 Å². The minimum absolute atomic E-state index is 0. The van der Waals surface area contributed by atoms with Gasteiger partial charge in [0.1, 0.15) is 10.7 Å². The van der Waals surface area contributed by atoms with Gasteiger partial charge in [0.15, 0.2) is 5.78 Å². The zero-order valence-electron chi connectivity index (χ0n) is 27.6. The first-order valence-corrected chi connectivity index (χ1v) is 17.1. The molecule has 46 heavy (non-hydrogen) atoms. The summed E-state index contributed by atoms with van der Waals surface area (Å²) in [6.07, 6.45) is 4.91. The van der Waals surface area contributed by atoms with Crippen molar-refractivity contribution < 1.29 is 30.0 Å². The maximum absolute atomic E-state index is 11.7. The van der Waals surface area contributed by atoms with Gasteiger partial charge in [0.05, 0.1) is 5.76 Å². The van der Waals surface area contributed by atoms with Crippen molar-refractivity contribution in [2.24, 2.45) is 11.8 Å². The second-order valence-electron chi connectivity index (χ2n) is 12.0. The van der Waals surface area contributed by atoms with Crippen LogP contribution in [0.1, 0.15) is 79.0 Å². The summed E-state index contributed by atoms with van der Waals surface area (Å²) < 4.78 is 1.25. The molecule has 0 aliphatic heterocycles. The van der Waals surface area contributed by atoms with Crippen LogP contribution in [0.3, 0.4) is 0 Å². The van der Waals surface area contributed by atoms with Crippen molar-refractivity contribution in [3.63, 3.8) is 0 Å². The molecule has 0 aliphatic rings. The van der Waals surface area contributed by atoms with Gasteiger partial charge in [-0.25, -0.2) is 4.98 Å². The summed E-state index contributed by atoms with van der Waals surface area (Å²) in [5, 5.41) is 17.0. The maximum Gasteiger partial charge on any atom is 0.162 e. The molecule has 1 N–H and O–H groups in total. The molecule has 4 aromatic carbocycles. The number of fused-ring (bicyclic) bond motifs is 5. The van der Waals surface area contributed by atoms with E-state index in [9.17, 15) is 9.90 Å². The predicted molar refractivity (Wildman–Crippen MR) is 192 cm³/mol. The van der Waals surface area contributed by atoms with E-state index in [4.69, 9.17) is 9.97 Å². The first kappa shape index (κ1) is 35.4. The van der Waals surface area contributed by atoms with Crippen LogP contribution < -0.4 is 0 Å². The van der Waals surface area contributed by atoms with Gasteiger partial charge >= 0.3 is 0 Å². The summed E-state index contributed by atoms with van der Waals surface area (Å²) in [5.74, 6) is 1.69. The van der Waals surface area contributed by atoms with Crippen LogP contribution in [-0.2, 0) is 24.9 Å². The minimum atomic E-state index is 0. The molecule has 0 aliphatic carbocycles. The number of aromatic nitrogens is 2. The molecule has 6 rings (SSSR count). The Labute approximate surface area is 290 Å². The Bertz CT molecular complexity index is 1990. The van der Waals surface area contributed by atoms with Gasteiger partial charge in [-0.1, -0.05) is 95.5 Å². The van der Waals surface area contributed by atoms with Gasteiger partial charge in [0, 0.05) is 59.7 Å². The first-order chi connectivity index (χ1) is 21.8. The maximum atomic E-state index is 11.7. The smallest absolute Gasteiger partial charge is 0.162 e. The molecule has 0 fully saturated rings. The van der Waals surface area contributed by atoms with E-state index in [1.807, 2.05) is 27.7 Å². The van der Waals surface area contributed by atoms with Gasteiger partial charge in [-0.2, -0.15) is 0 Å². The van der Waals surface area contributed by atoms with Crippen LogP contribution >= 0.6 is 11.3 Å². The Balaban J connectivity index is 0.000000259. The van der Waals surface area contributed by atoms with Crippen LogP contribution in [0, 0.1) is 17.9 Å². The number of rotatable bonds is 9. The van der Waals surface area contributed by atoms with E-state index in [1.165, 1.54) is 37.7 Å². The molecule has 241 valence electrons. The van der Waals surface area contributed by atoms with Crippen molar-refractivity contribution in [3.8, 4) is 11.3 Å². The summed E-state index contributed by atoms with van der Waals surface area (Å²) in [6, 6.07) is 29.3. The van der Waals surface area contributed by atoms with Crippen LogP contribution in [0.15, 0.2) is 84.6 Å². The van der Waals surface area contributed by atoms with Crippen molar-refractivity contribution in [1.82, 2.24) is 9.97 Å². The molecule has 1 radical (unpaired) electrons. The molecule has 0 saturated heterocycles. The van der Waals surface area contributed by atoms with E-state index in [0.717, 1.165) is 53.0 Å². The standard InChI is InChI=1S/C27H19N2S.C13H24O2.Ir/c1-16(2)26-28-25(21-12-11-17-7-3-4-8-18(17)13-21)24-22-14-19-9-5-6-10-20(19)15-23(22)30-27(24)29-26;1-5-10(6-2)12(14)9-13(15)11(7-3)8-4;/h3-11,13-16H,1-2H3;9-11,14H,5-8H2,1-4H3;/q-1;;/b;12-9-;. The number of carbonyl (C=O) groups excluding carboxylic acids is 1. The fourth-order valence-electron chi connectivity index (χ4n) is 5.87. The number of thiophene rings is 1. The normalized spacial score (nSPS) is 11.9. The molecule has 2 aromatic heterocycles. The van der Waals surface area contributed by atoms with Crippen LogP contribution in [0.25, 0.3) is 53.1 Å². The fourth-order valence-corrected chi connectivity index (χ4v) is 6.99. The number of hydrogen-bond acceptors (Lipinski definition) is 5.